The van der Waals surface area contributed by atoms with Gasteiger partial charge in [-0.1, -0.05) is 6.07 Å². The van der Waals surface area contributed by atoms with Crippen molar-refractivity contribution in [2.24, 2.45) is 5.41 Å². The number of rotatable bonds is 3. The van der Waals surface area contributed by atoms with Crippen LogP contribution in [0.4, 0.5) is 4.39 Å². The molecule has 0 saturated carbocycles. The van der Waals surface area contributed by atoms with Crippen molar-refractivity contribution in [2.45, 2.75) is 38.6 Å². The van der Waals surface area contributed by atoms with Crippen LogP contribution in [0.15, 0.2) is 30.7 Å². The van der Waals surface area contributed by atoms with Crippen LogP contribution in [0.25, 0.3) is 5.82 Å². The lowest BCUT2D eigenvalue weighted by Crippen LogP contribution is -2.49. The highest BCUT2D eigenvalue weighted by molar-refractivity contribution is 5.26. The van der Waals surface area contributed by atoms with Gasteiger partial charge in [0.05, 0.1) is 12.4 Å². The molecule has 0 radical (unpaired) electrons. The number of nitrogens with zero attached hydrogens (tertiary/aromatic N) is 4. The average Bonchev–Trinajstić information content (AvgIpc) is 3.08. The van der Waals surface area contributed by atoms with E-state index in [2.05, 4.69) is 33.3 Å². The summed E-state index contributed by atoms with van der Waals surface area (Å²) in [4.78, 5) is 7.09. The van der Waals surface area contributed by atoms with E-state index in [9.17, 15) is 4.39 Å². The first-order chi connectivity index (χ1) is 12.2. The van der Waals surface area contributed by atoms with E-state index in [-0.39, 0.29) is 5.82 Å². The van der Waals surface area contributed by atoms with E-state index in [4.69, 9.17) is 0 Å². The second-order valence-corrected chi connectivity index (χ2v) is 7.55. The second-order valence-electron chi connectivity index (χ2n) is 7.55. The molecule has 2 aromatic rings. The maximum Gasteiger partial charge on any atom is 0.161 e. The molecule has 1 atom stereocenters. The summed E-state index contributed by atoms with van der Waals surface area (Å²) < 4.78 is 14.6. The molecule has 2 aliphatic heterocycles. The van der Waals surface area contributed by atoms with Crippen molar-refractivity contribution >= 4 is 0 Å². The Morgan fingerprint density at radius 3 is 2.72 bits per heavy atom. The molecule has 5 nitrogen and oxygen atoms in total. The molecule has 4 heterocycles. The number of pyridine rings is 1. The first-order valence-electron chi connectivity index (χ1n) is 9.27. The van der Waals surface area contributed by atoms with Crippen molar-refractivity contribution in [3.05, 3.63) is 42.1 Å². The lowest BCUT2D eigenvalue weighted by molar-refractivity contribution is 0.0370. The first-order valence-corrected chi connectivity index (χ1v) is 9.27. The predicted molar refractivity (Wildman–Crippen MR) is 95.1 cm³/mol. The summed E-state index contributed by atoms with van der Waals surface area (Å²) in [6, 6.07) is 4.36. The Hall–Kier alpha value is -1.79. The lowest BCUT2D eigenvalue weighted by Gasteiger charge is -2.47. The Morgan fingerprint density at radius 2 is 2.04 bits per heavy atom. The molecule has 25 heavy (non-hydrogen) atoms. The summed E-state index contributed by atoms with van der Waals surface area (Å²) in [6.45, 7) is 6.91. The highest BCUT2D eigenvalue weighted by Crippen LogP contribution is 2.40. The minimum absolute atomic E-state index is 0.347. The summed E-state index contributed by atoms with van der Waals surface area (Å²) in [5.74, 6) is 0.299. The molecule has 4 rings (SSSR count). The Kier molecular flexibility index (Phi) is 4.56. The third kappa shape index (κ3) is 3.46. The maximum absolute atomic E-state index is 13.1. The van der Waals surface area contributed by atoms with E-state index in [1.165, 1.54) is 54.9 Å². The van der Waals surface area contributed by atoms with Crippen molar-refractivity contribution in [1.29, 1.82) is 0 Å². The van der Waals surface area contributed by atoms with Gasteiger partial charge in [-0.2, -0.15) is 5.10 Å². The minimum Gasteiger partial charge on any atom is -0.317 e. The molecule has 2 saturated heterocycles. The minimum atomic E-state index is -0.347. The van der Waals surface area contributed by atoms with Crippen LogP contribution in [-0.4, -0.2) is 45.8 Å². The molecule has 1 spiro atoms. The van der Waals surface area contributed by atoms with Gasteiger partial charge in [0.1, 0.15) is 0 Å². The number of hydrogen-bond acceptors (Lipinski definition) is 4. The molecular weight excluding hydrogens is 317 g/mol. The lowest BCUT2D eigenvalue weighted by atomic mass is 9.72. The predicted octanol–water partition coefficient (Wildman–Crippen LogP) is 2.93. The van der Waals surface area contributed by atoms with Crippen LogP contribution < -0.4 is 5.32 Å². The van der Waals surface area contributed by atoms with Crippen molar-refractivity contribution in [3.63, 3.8) is 0 Å². The first kappa shape index (κ1) is 16.7. The van der Waals surface area contributed by atoms with E-state index in [1.54, 1.807) is 0 Å². The van der Waals surface area contributed by atoms with E-state index in [0.717, 1.165) is 19.6 Å². The Labute approximate surface area is 148 Å². The third-order valence-corrected chi connectivity index (χ3v) is 5.94. The molecule has 1 unspecified atom stereocenters. The fourth-order valence-electron chi connectivity index (χ4n) is 4.36. The number of nitrogens with one attached hydrogen (secondary N) is 1. The van der Waals surface area contributed by atoms with E-state index in [1.807, 2.05) is 12.3 Å². The van der Waals surface area contributed by atoms with Crippen LogP contribution in [0.1, 0.15) is 44.2 Å². The van der Waals surface area contributed by atoms with Gasteiger partial charge in [-0.05, 0) is 69.3 Å². The largest absolute Gasteiger partial charge is 0.317 e. The van der Waals surface area contributed by atoms with E-state index >= 15 is 0 Å². The monoisotopic (exact) mass is 343 g/mol. The zero-order valence-electron chi connectivity index (χ0n) is 14.8. The van der Waals surface area contributed by atoms with Gasteiger partial charge in [0.25, 0.3) is 0 Å². The number of hydrogen-bond donors (Lipinski definition) is 1. The smallest absolute Gasteiger partial charge is 0.161 e. The Balaban J connectivity index is 1.47. The zero-order chi connectivity index (χ0) is 17.3. The van der Waals surface area contributed by atoms with Crippen LogP contribution in [0.3, 0.4) is 0 Å². The zero-order valence-corrected chi connectivity index (χ0v) is 14.8. The summed E-state index contributed by atoms with van der Waals surface area (Å²) in [7, 11) is 0. The SMILES string of the molecule is CC(c1ccc(-n2cc(F)cn2)nc1)N1CCCC2(CCNCC2)C1. The Bertz CT molecular complexity index is 699. The number of halogens is 1. The van der Waals surface area contributed by atoms with E-state index in [0.29, 0.717) is 17.3 Å². The fraction of sp³-hybridized carbons (Fsp3) is 0.579. The molecule has 1 N–H and O–H groups in total. The van der Waals surface area contributed by atoms with Gasteiger partial charge in [0.2, 0.25) is 0 Å². The van der Waals surface area contributed by atoms with Crippen LogP contribution in [-0.2, 0) is 0 Å². The molecule has 0 aromatic carbocycles. The molecule has 2 aromatic heterocycles. The summed E-state index contributed by atoms with van der Waals surface area (Å²) in [5.41, 5.74) is 1.71. The van der Waals surface area contributed by atoms with Crippen LogP contribution in [0, 0.1) is 11.2 Å². The fourth-order valence-corrected chi connectivity index (χ4v) is 4.36. The van der Waals surface area contributed by atoms with Crippen LogP contribution in [0.2, 0.25) is 0 Å². The molecule has 0 amide bonds. The molecule has 0 bridgehead atoms. The normalized spacial score (nSPS) is 22.2. The van der Waals surface area contributed by atoms with Crippen molar-refractivity contribution in [2.75, 3.05) is 26.2 Å². The van der Waals surface area contributed by atoms with Crippen LogP contribution >= 0.6 is 0 Å². The number of aromatic nitrogens is 3. The summed E-state index contributed by atoms with van der Waals surface area (Å²) in [6.07, 6.45) is 9.67. The number of piperidine rings is 2. The van der Waals surface area contributed by atoms with E-state index < -0.39 is 0 Å². The van der Waals surface area contributed by atoms with Gasteiger partial charge in [-0.3, -0.25) is 4.90 Å². The van der Waals surface area contributed by atoms with Gasteiger partial charge < -0.3 is 5.32 Å². The van der Waals surface area contributed by atoms with Crippen molar-refractivity contribution in [3.8, 4) is 5.82 Å². The van der Waals surface area contributed by atoms with Gasteiger partial charge in [0, 0.05) is 18.8 Å². The molecule has 2 fully saturated rings. The molecule has 6 heteroatoms. The van der Waals surface area contributed by atoms with Gasteiger partial charge in [0.15, 0.2) is 11.6 Å². The molecule has 134 valence electrons. The quantitative estimate of drug-likeness (QED) is 0.931. The second kappa shape index (κ2) is 6.84. The van der Waals surface area contributed by atoms with Crippen LogP contribution in [0.5, 0.6) is 0 Å². The summed E-state index contributed by atoms with van der Waals surface area (Å²) in [5, 5.41) is 7.46. The number of likely N-dealkylation sites (tertiary alicyclic amines) is 1. The topological polar surface area (TPSA) is 46.0 Å². The molecule has 0 aliphatic carbocycles. The summed E-state index contributed by atoms with van der Waals surface area (Å²) >= 11 is 0. The van der Waals surface area contributed by atoms with Crippen molar-refractivity contribution < 1.29 is 4.39 Å². The molecular formula is C19H26FN5. The third-order valence-electron chi connectivity index (χ3n) is 5.94. The van der Waals surface area contributed by atoms with Gasteiger partial charge in [-0.25, -0.2) is 14.1 Å². The van der Waals surface area contributed by atoms with Gasteiger partial charge >= 0.3 is 0 Å². The average molecular weight is 343 g/mol. The Morgan fingerprint density at radius 1 is 1.20 bits per heavy atom. The highest BCUT2D eigenvalue weighted by atomic mass is 19.1. The maximum atomic E-state index is 13.1. The standard InChI is InChI=1S/C19H26FN5/c1-15(24-10-2-5-19(14-24)6-8-21-9-7-19)16-3-4-18(22-11-16)25-13-17(20)12-23-25/h3-4,11-13,15,21H,2,5-10,14H2,1H3. The van der Waals surface area contributed by atoms with Gasteiger partial charge in [-0.15, -0.1) is 0 Å². The highest BCUT2D eigenvalue weighted by Gasteiger charge is 2.37. The van der Waals surface area contributed by atoms with Crippen molar-refractivity contribution in [1.82, 2.24) is 25.0 Å². The molecule has 2 aliphatic rings.